The molecular formula is C12H18N4O. The van der Waals surface area contributed by atoms with E-state index in [4.69, 9.17) is 4.98 Å². The number of imidazole rings is 1. The zero-order valence-electron chi connectivity index (χ0n) is 10.1. The second kappa shape index (κ2) is 4.14. The SMILES string of the molecule is CNC(=O)Cn1c(C2CC2)nc2c1CCNC2. The van der Waals surface area contributed by atoms with E-state index in [1.165, 1.54) is 18.5 Å². The molecule has 0 atom stereocenters. The van der Waals surface area contributed by atoms with Gasteiger partial charge in [-0.15, -0.1) is 0 Å². The Labute approximate surface area is 101 Å². The van der Waals surface area contributed by atoms with Gasteiger partial charge in [0.15, 0.2) is 0 Å². The average Bonchev–Trinajstić information content (AvgIpc) is 3.13. The van der Waals surface area contributed by atoms with Crippen molar-refractivity contribution in [1.29, 1.82) is 0 Å². The summed E-state index contributed by atoms with van der Waals surface area (Å²) in [6, 6.07) is 0. The highest BCUT2D eigenvalue weighted by molar-refractivity contribution is 5.75. The molecule has 5 nitrogen and oxygen atoms in total. The Balaban J connectivity index is 1.96. The third-order valence-corrected chi connectivity index (χ3v) is 3.54. The van der Waals surface area contributed by atoms with E-state index in [9.17, 15) is 4.79 Å². The Bertz CT molecular complexity index is 448. The van der Waals surface area contributed by atoms with Gasteiger partial charge in [-0.25, -0.2) is 4.98 Å². The van der Waals surface area contributed by atoms with Gasteiger partial charge < -0.3 is 15.2 Å². The fourth-order valence-electron chi connectivity index (χ4n) is 2.44. The van der Waals surface area contributed by atoms with Crippen LogP contribution in [0, 0.1) is 0 Å². The molecule has 2 N–H and O–H groups in total. The predicted octanol–water partition coefficient (Wildman–Crippen LogP) is 0.152. The van der Waals surface area contributed by atoms with E-state index in [2.05, 4.69) is 15.2 Å². The van der Waals surface area contributed by atoms with Gasteiger partial charge >= 0.3 is 0 Å². The molecule has 0 radical (unpaired) electrons. The molecule has 2 aliphatic rings. The van der Waals surface area contributed by atoms with Gasteiger partial charge in [0, 0.05) is 38.2 Å². The van der Waals surface area contributed by atoms with E-state index >= 15 is 0 Å². The molecule has 92 valence electrons. The van der Waals surface area contributed by atoms with Gasteiger partial charge in [-0.1, -0.05) is 0 Å². The van der Waals surface area contributed by atoms with Crippen LogP contribution in [0.15, 0.2) is 0 Å². The summed E-state index contributed by atoms with van der Waals surface area (Å²) in [6.45, 7) is 2.25. The maximum Gasteiger partial charge on any atom is 0.239 e. The van der Waals surface area contributed by atoms with E-state index in [1.807, 2.05) is 0 Å². The van der Waals surface area contributed by atoms with E-state index in [0.717, 1.165) is 31.0 Å². The van der Waals surface area contributed by atoms with Crippen LogP contribution in [-0.2, 0) is 24.3 Å². The quantitative estimate of drug-likeness (QED) is 0.783. The van der Waals surface area contributed by atoms with Gasteiger partial charge in [-0.3, -0.25) is 4.79 Å². The molecule has 1 saturated carbocycles. The van der Waals surface area contributed by atoms with E-state index in [1.54, 1.807) is 7.05 Å². The molecule has 3 rings (SSSR count). The fourth-order valence-corrected chi connectivity index (χ4v) is 2.44. The first-order valence-corrected chi connectivity index (χ1v) is 6.29. The Morgan fingerprint density at radius 3 is 3.12 bits per heavy atom. The average molecular weight is 234 g/mol. The third-order valence-electron chi connectivity index (χ3n) is 3.54. The minimum atomic E-state index is 0.0608. The molecule has 1 aromatic heterocycles. The fraction of sp³-hybridized carbons (Fsp3) is 0.667. The first-order chi connectivity index (χ1) is 8.29. The van der Waals surface area contributed by atoms with Crippen LogP contribution < -0.4 is 10.6 Å². The number of nitrogens with one attached hydrogen (secondary N) is 2. The predicted molar refractivity (Wildman–Crippen MR) is 63.7 cm³/mol. The van der Waals surface area contributed by atoms with Crippen molar-refractivity contribution in [3.8, 4) is 0 Å². The molecule has 0 saturated heterocycles. The number of hydrogen-bond acceptors (Lipinski definition) is 3. The highest BCUT2D eigenvalue weighted by Gasteiger charge is 2.32. The molecule has 1 amide bonds. The smallest absolute Gasteiger partial charge is 0.239 e. The lowest BCUT2D eigenvalue weighted by Crippen LogP contribution is -2.28. The number of hydrogen-bond donors (Lipinski definition) is 2. The molecule has 5 heteroatoms. The lowest BCUT2D eigenvalue weighted by molar-refractivity contribution is -0.121. The Hall–Kier alpha value is -1.36. The summed E-state index contributed by atoms with van der Waals surface area (Å²) in [7, 11) is 1.68. The standard InChI is InChI=1S/C12H18N4O/c1-13-11(17)7-16-10-4-5-14-6-9(10)15-12(16)8-2-3-8/h8,14H,2-7H2,1H3,(H,13,17). The van der Waals surface area contributed by atoms with Crippen molar-refractivity contribution >= 4 is 5.91 Å². The van der Waals surface area contributed by atoms with Gasteiger partial charge in [0.25, 0.3) is 0 Å². The van der Waals surface area contributed by atoms with Gasteiger partial charge in [-0.2, -0.15) is 0 Å². The molecule has 2 heterocycles. The maximum atomic E-state index is 11.6. The van der Waals surface area contributed by atoms with E-state index in [-0.39, 0.29) is 5.91 Å². The normalized spacial score (nSPS) is 18.9. The lowest BCUT2D eigenvalue weighted by atomic mass is 10.2. The van der Waals surface area contributed by atoms with Gasteiger partial charge in [0.2, 0.25) is 5.91 Å². The summed E-state index contributed by atoms with van der Waals surface area (Å²) in [4.78, 5) is 16.3. The summed E-state index contributed by atoms with van der Waals surface area (Å²) in [5.74, 6) is 1.78. The van der Waals surface area contributed by atoms with Crippen molar-refractivity contribution in [2.75, 3.05) is 13.6 Å². The van der Waals surface area contributed by atoms with Gasteiger partial charge in [-0.05, 0) is 12.8 Å². The molecule has 0 aromatic carbocycles. The van der Waals surface area contributed by atoms with Crippen molar-refractivity contribution in [2.24, 2.45) is 0 Å². The van der Waals surface area contributed by atoms with Crippen LogP contribution in [0.2, 0.25) is 0 Å². The summed E-state index contributed by atoms with van der Waals surface area (Å²) >= 11 is 0. The maximum absolute atomic E-state index is 11.6. The van der Waals surface area contributed by atoms with Crippen molar-refractivity contribution in [3.63, 3.8) is 0 Å². The zero-order chi connectivity index (χ0) is 11.8. The Morgan fingerprint density at radius 2 is 2.41 bits per heavy atom. The number of rotatable bonds is 3. The van der Waals surface area contributed by atoms with Crippen LogP contribution in [0.25, 0.3) is 0 Å². The highest BCUT2D eigenvalue weighted by Crippen LogP contribution is 2.40. The molecule has 1 aliphatic carbocycles. The number of amides is 1. The summed E-state index contributed by atoms with van der Waals surface area (Å²) in [6.07, 6.45) is 3.42. The van der Waals surface area contributed by atoms with Crippen LogP contribution in [0.5, 0.6) is 0 Å². The number of aromatic nitrogens is 2. The molecule has 17 heavy (non-hydrogen) atoms. The molecule has 0 bridgehead atoms. The van der Waals surface area contributed by atoms with Crippen LogP contribution >= 0.6 is 0 Å². The minimum absolute atomic E-state index is 0.0608. The second-order valence-electron chi connectivity index (χ2n) is 4.82. The van der Waals surface area contributed by atoms with Gasteiger partial charge in [0.05, 0.1) is 5.69 Å². The van der Waals surface area contributed by atoms with E-state index < -0.39 is 0 Å². The summed E-state index contributed by atoms with van der Waals surface area (Å²) in [5.41, 5.74) is 2.40. The summed E-state index contributed by atoms with van der Waals surface area (Å²) < 4.78 is 2.15. The number of fused-ring (bicyclic) bond motifs is 1. The molecule has 1 aromatic rings. The minimum Gasteiger partial charge on any atom is -0.358 e. The monoisotopic (exact) mass is 234 g/mol. The third kappa shape index (κ3) is 1.95. The second-order valence-corrected chi connectivity index (χ2v) is 4.82. The lowest BCUT2D eigenvalue weighted by Gasteiger charge is -2.15. The number of carbonyl (C=O) groups excluding carboxylic acids is 1. The Morgan fingerprint density at radius 1 is 1.59 bits per heavy atom. The Kier molecular flexibility index (Phi) is 2.63. The largest absolute Gasteiger partial charge is 0.358 e. The zero-order valence-corrected chi connectivity index (χ0v) is 10.1. The van der Waals surface area contributed by atoms with Crippen molar-refractivity contribution in [3.05, 3.63) is 17.2 Å². The number of carbonyl (C=O) groups is 1. The molecule has 0 unspecified atom stereocenters. The highest BCUT2D eigenvalue weighted by atomic mass is 16.1. The van der Waals surface area contributed by atoms with Crippen LogP contribution in [0.3, 0.4) is 0 Å². The number of nitrogens with zero attached hydrogens (tertiary/aromatic N) is 2. The molecule has 0 spiro atoms. The van der Waals surface area contributed by atoms with Crippen molar-refractivity contribution < 1.29 is 4.79 Å². The summed E-state index contributed by atoms with van der Waals surface area (Å²) in [5, 5.41) is 6.03. The van der Waals surface area contributed by atoms with Crippen molar-refractivity contribution in [1.82, 2.24) is 20.2 Å². The molecular weight excluding hydrogens is 216 g/mol. The van der Waals surface area contributed by atoms with Gasteiger partial charge in [0.1, 0.15) is 12.4 Å². The molecule has 1 fully saturated rings. The van der Waals surface area contributed by atoms with E-state index in [0.29, 0.717) is 12.5 Å². The number of likely N-dealkylation sites (N-methyl/N-ethyl adjacent to an activating group) is 1. The van der Waals surface area contributed by atoms with Crippen molar-refractivity contribution in [2.45, 2.75) is 38.3 Å². The van der Waals surface area contributed by atoms with Crippen LogP contribution in [0.1, 0.15) is 36.0 Å². The first kappa shape index (κ1) is 10.8. The van der Waals surface area contributed by atoms with Crippen LogP contribution in [-0.4, -0.2) is 29.1 Å². The first-order valence-electron chi connectivity index (χ1n) is 6.29. The topological polar surface area (TPSA) is 59.0 Å². The molecule has 1 aliphatic heterocycles. The van der Waals surface area contributed by atoms with Crippen LogP contribution in [0.4, 0.5) is 0 Å².